The fourth-order valence-electron chi connectivity index (χ4n) is 1.94. The molecule has 1 aliphatic heterocycles. The first-order valence-electron chi connectivity index (χ1n) is 5.21. The zero-order valence-electron chi connectivity index (χ0n) is 8.55. The van der Waals surface area contributed by atoms with Gasteiger partial charge in [-0.1, -0.05) is 0 Å². The van der Waals surface area contributed by atoms with Crippen molar-refractivity contribution in [3.8, 4) is 0 Å². The van der Waals surface area contributed by atoms with Crippen LogP contribution in [0.15, 0.2) is 0 Å². The zero-order valence-corrected chi connectivity index (χ0v) is 9.36. The Bertz CT molecular complexity index is 302. The van der Waals surface area contributed by atoms with Crippen LogP contribution in [-0.2, 0) is 6.42 Å². The number of rotatable bonds is 3. The molecule has 1 saturated heterocycles. The van der Waals surface area contributed by atoms with Crippen LogP contribution in [0.5, 0.6) is 0 Å². The van der Waals surface area contributed by atoms with Gasteiger partial charge in [0.15, 0.2) is 0 Å². The van der Waals surface area contributed by atoms with Crippen LogP contribution in [0.1, 0.15) is 34.5 Å². The molecule has 1 unspecified atom stereocenters. The van der Waals surface area contributed by atoms with E-state index in [1.807, 2.05) is 0 Å². The third kappa shape index (κ3) is 1.97. The van der Waals surface area contributed by atoms with Gasteiger partial charge in [0.05, 0.1) is 16.7 Å². The average molecular weight is 211 g/mol. The quantitative estimate of drug-likeness (QED) is 0.794. The highest BCUT2D eigenvalue weighted by atomic mass is 32.1. The Morgan fingerprint density at radius 3 is 3.14 bits per heavy atom. The Morgan fingerprint density at radius 2 is 2.50 bits per heavy atom. The van der Waals surface area contributed by atoms with Gasteiger partial charge in [-0.15, -0.1) is 11.3 Å². The Hall–Kier alpha value is -0.450. The molecule has 0 spiro atoms. The molecule has 0 radical (unpaired) electrons. The van der Waals surface area contributed by atoms with Crippen LogP contribution in [0.2, 0.25) is 0 Å². The number of thiazole rings is 1. The van der Waals surface area contributed by atoms with Gasteiger partial charge in [0, 0.05) is 11.3 Å². The lowest BCUT2D eigenvalue weighted by molar-refractivity contribution is 0.626. The van der Waals surface area contributed by atoms with E-state index in [4.69, 9.17) is 5.73 Å². The molecule has 0 bridgehead atoms. The van der Waals surface area contributed by atoms with Crippen molar-refractivity contribution >= 4 is 11.3 Å². The summed E-state index contributed by atoms with van der Waals surface area (Å²) in [5, 5.41) is 4.67. The van der Waals surface area contributed by atoms with Crippen LogP contribution in [0.4, 0.5) is 0 Å². The second kappa shape index (κ2) is 4.38. The molecule has 1 aromatic rings. The molecule has 0 aliphatic carbocycles. The van der Waals surface area contributed by atoms with Gasteiger partial charge in [0.2, 0.25) is 0 Å². The van der Waals surface area contributed by atoms with Crippen LogP contribution in [-0.4, -0.2) is 18.1 Å². The summed E-state index contributed by atoms with van der Waals surface area (Å²) < 4.78 is 0. The van der Waals surface area contributed by atoms with E-state index in [9.17, 15) is 0 Å². The van der Waals surface area contributed by atoms with E-state index >= 15 is 0 Å². The predicted molar refractivity (Wildman–Crippen MR) is 59.6 cm³/mol. The fraction of sp³-hybridized carbons (Fsp3) is 0.700. The largest absolute Gasteiger partial charge is 0.330 e. The number of nitrogens with two attached hydrogens (primary N) is 1. The molecule has 1 aromatic heterocycles. The standard InChI is InChI=1S/C10H17N3S/c1-7-10(8-3-2-6-12-8)13-9(14-7)4-5-11/h8,12H,2-6,11H2,1H3. The van der Waals surface area contributed by atoms with Gasteiger partial charge >= 0.3 is 0 Å². The summed E-state index contributed by atoms with van der Waals surface area (Å²) in [4.78, 5) is 6.01. The molecule has 0 aromatic carbocycles. The van der Waals surface area contributed by atoms with Crippen molar-refractivity contribution in [1.82, 2.24) is 10.3 Å². The third-order valence-corrected chi connectivity index (χ3v) is 3.67. The molecular weight excluding hydrogens is 194 g/mol. The Balaban J connectivity index is 2.15. The molecule has 4 heteroatoms. The average Bonchev–Trinajstić information content (AvgIpc) is 2.74. The normalized spacial score (nSPS) is 21.7. The highest BCUT2D eigenvalue weighted by molar-refractivity contribution is 7.11. The number of nitrogens with zero attached hydrogens (tertiary/aromatic N) is 1. The van der Waals surface area contributed by atoms with E-state index in [1.165, 1.54) is 28.4 Å². The number of aryl methyl sites for hydroxylation is 1. The smallest absolute Gasteiger partial charge is 0.0944 e. The van der Waals surface area contributed by atoms with Crippen LogP contribution in [0.25, 0.3) is 0 Å². The first kappa shape index (κ1) is 10.1. The number of aromatic nitrogens is 1. The van der Waals surface area contributed by atoms with Gasteiger partial charge < -0.3 is 11.1 Å². The first-order valence-corrected chi connectivity index (χ1v) is 6.02. The maximum absolute atomic E-state index is 5.52. The number of nitrogens with one attached hydrogen (secondary N) is 1. The van der Waals surface area contributed by atoms with Crippen LogP contribution >= 0.6 is 11.3 Å². The second-order valence-electron chi connectivity index (χ2n) is 3.74. The fourth-order valence-corrected chi connectivity index (χ4v) is 2.95. The molecule has 3 N–H and O–H groups in total. The van der Waals surface area contributed by atoms with E-state index in [1.54, 1.807) is 11.3 Å². The molecule has 3 nitrogen and oxygen atoms in total. The van der Waals surface area contributed by atoms with Crippen molar-refractivity contribution in [3.63, 3.8) is 0 Å². The molecule has 78 valence electrons. The van der Waals surface area contributed by atoms with Gasteiger partial charge in [0.1, 0.15) is 0 Å². The number of hydrogen-bond donors (Lipinski definition) is 2. The third-order valence-electron chi connectivity index (χ3n) is 2.63. The summed E-state index contributed by atoms with van der Waals surface area (Å²) in [6.07, 6.45) is 3.42. The van der Waals surface area contributed by atoms with Gasteiger partial charge in [-0.25, -0.2) is 4.98 Å². The van der Waals surface area contributed by atoms with Crippen molar-refractivity contribution < 1.29 is 0 Å². The topological polar surface area (TPSA) is 50.9 Å². The summed E-state index contributed by atoms with van der Waals surface area (Å²) in [6, 6.07) is 0.498. The van der Waals surface area contributed by atoms with Crippen molar-refractivity contribution in [3.05, 3.63) is 15.6 Å². The minimum atomic E-state index is 0.498. The summed E-state index contributed by atoms with van der Waals surface area (Å²) >= 11 is 1.79. The van der Waals surface area contributed by atoms with Gasteiger partial charge in [-0.2, -0.15) is 0 Å². The van der Waals surface area contributed by atoms with Gasteiger partial charge in [0.25, 0.3) is 0 Å². The van der Waals surface area contributed by atoms with E-state index in [2.05, 4.69) is 17.2 Å². The molecule has 0 saturated carbocycles. The monoisotopic (exact) mass is 211 g/mol. The van der Waals surface area contributed by atoms with E-state index in [0.29, 0.717) is 12.6 Å². The summed E-state index contributed by atoms with van der Waals surface area (Å²) in [5.74, 6) is 0. The van der Waals surface area contributed by atoms with Crippen molar-refractivity contribution in [2.75, 3.05) is 13.1 Å². The molecule has 2 heterocycles. The van der Waals surface area contributed by atoms with Crippen LogP contribution < -0.4 is 11.1 Å². The highest BCUT2D eigenvalue weighted by Gasteiger charge is 2.21. The summed E-state index contributed by atoms with van der Waals surface area (Å²) in [5.41, 5.74) is 6.78. The molecule has 1 atom stereocenters. The Labute approximate surface area is 88.7 Å². The molecule has 1 aliphatic rings. The maximum atomic E-state index is 5.52. The minimum Gasteiger partial charge on any atom is -0.330 e. The summed E-state index contributed by atoms with van der Waals surface area (Å²) in [7, 11) is 0. The lowest BCUT2D eigenvalue weighted by Gasteiger charge is -2.07. The Morgan fingerprint density at radius 1 is 1.64 bits per heavy atom. The molecule has 1 fully saturated rings. The SMILES string of the molecule is Cc1sc(CCN)nc1C1CCCN1. The Kier molecular flexibility index (Phi) is 3.15. The second-order valence-corrected chi connectivity index (χ2v) is 5.02. The van der Waals surface area contributed by atoms with E-state index in [-0.39, 0.29) is 0 Å². The lowest BCUT2D eigenvalue weighted by atomic mass is 10.1. The van der Waals surface area contributed by atoms with Crippen molar-refractivity contribution in [1.29, 1.82) is 0 Å². The first-order chi connectivity index (χ1) is 6.81. The molecular formula is C10H17N3S. The number of hydrogen-bond acceptors (Lipinski definition) is 4. The minimum absolute atomic E-state index is 0.498. The van der Waals surface area contributed by atoms with E-state index < -0.39 is 0 Å². The van der Waals surface area contributed by atoms with Crippen molar-refractivity contribution in [2.24, 2.45) is 5.73 Å². The van der Waals surface area contributed by atoms with Crippen molar-refractivity contribution in [2.45, 2.75) is 32.2 Å². The summed E-state index contributed by atoms with van der Waals surface area (Å²) in [6.45, 7) is 3.99. The molecule has 0 amide bonds. The predicted octanol–water partition coefficient (Wildman–Crippen LogP) is 1.38. The lowest BCUT2D eigenvalue weighted by Crippen LogP contribution is -2.14. The molecule has 14 heavy (non-hydrogen) atoms. The zero-order chi connectivity index (χ0) is 9.97. The van der Waals surface area contributed by atoms with E-state index in [0.717, 1.165) is 13.0 Å². The molecule has 2 rings (SSSR count). The van der Waals surface area contributed by atoms with Crippen LogP contribution in [0.3, 0.4) is 0 Å². The maximum Gasteiger partial charge on any atom is 0.0944 e. The van der Waals surface area contributed by atoms with Gasteiger partial charge in [-0.05, 0) is 32.9 Å². The van der Waals surface area contributed by atoms with Crippen LogP contribution in [0, 0.1) is 6.92 Å². The highest BCUT2D eigenvalue weighted by Crippen LogP contribution is 2.28. The van der Waals surface area contributed by atoms with Gasteiger partial charge in [-0.3, -0.25) is 0 Å².